The summed E-state index contributed by atoms with van der Waals surface area (Å²) in [4.78, 5) is 13.4. The molecular formula is C22H31N5O2. The average Bonchev–Trinajstić information content (AvgIpc) is 2.75. The summed E-state index contributed by atoms with van der Waals surface area (Å²) >= 11 is 0. The molecule has 0 spiro atoms. The van der Waals surface area contributed by atoms with Crippen molar-refractivity contribution < 1.29 is 9.47 Å². The highest BCUT2D eigenvalue weighted by Crippen LogP contribution is 2.19. The molecule has 0 aliphatic carbocycles. The largest absolute Gasteiger partial charge is 0.496 e. The molecule has 0 amide bonds. The predicted octanol–water partition coefficient (Wildman–Crippen LogP) is 2.52. The van der Waals surface area contributed by atoms with Crippen LogP contribution in [0.25, 0.3) is 0 Å². The zero-order chi connectivity index (χ0) is 20.6. The molecule has 1 fully saturated rings. The van der Waals surface area contributed by atoms with Gasteiger partial charge in [-0.25, -0.2) is 4.98 Å². The highest BCUT2D eigenvalue weighted by atomic mass is 16.5. The van der Waals surface area contributed by atoms with Gasteiger partial charge in [0, 0.05) is 52.0 Å². The van der Waals surface area contributed by atoms with Crippen molar-refractivity contribution in [3.8, 4) is 5.75 Å². The third-order valence-electron chi connectivity index (χ3n) is 5.00. The Hall–Kier alpha value is -2.80. The van der Waals surface area contributed by atoms with E-state index in [1.165, 1.54) is 0 Å². The molecular weight excluding hydrogens is 366 g/mol. The summed E-state index contributed by atoms with van der Waals surface area (Å²) in [7, 11) is 5.50. The first-order valence-electron chi connectivity index (χ1n) is 9.96. The van der Waals surface area contributed by atoms with Crippen LogP contribution < -0.4 is 15.0 Å². The first-order valence-corrected chi connectivity index (χ1v) is 9.96. The second kappa shape index (κ2) is 10.1. The molecule has 1 aliphatic heterocycles. The monoisotopic (exact) mass is 397 g/mol. The molecule has 0 bridgehead atoms. The van der Waals surface area contributed by atoms with Crippen LogP contribution in [0.1, 0.15) is 18.1 Å². The van der Waals surface area contributed by atoms with Crippen molar-refractivity contribution in [3.63, 3.8) is 0 Å². The molecule has 1 unspecified atom stereocenters. The molecule has 7 nitrogen and oxygen atoms in total. The molecule has 156 valence electrons. The smallest absolute Gasteiger partial charge is 0.193 e. The summed E-state index contributed by atoms with van der Waals surface area (Å²) in [5.41, 5.74) is 2.23. The van der Waals surface area contributed by atoms with E-state index < -0.39 is 0 Å². The van der Waals surface area contributed by atoms with Gasteiger partial charge in [-0.1, -0.05) is 24.3 Å². The SMILES string of the molecule is CN=C(NCc1ccc(N2CCOC(C)C2)nc1)N(C)Cc1ccccc1OC. The van der Waals surface area contributed by atoms with Gasteiger partial charge in [-0.3, -0.25) is 4.99 Å². The summed E-state index contributed by atoms with van der Waals surface area (Å²) in [6.45, 7) is 5.98. The second-order valence-electron chi connectivity index (χ2n) is 7.22. The lowest BCUT2D eigenvalue weighted by Crippen LogP contribution is -2.41. The standard InChI is InChI=1S/C22H31N5O2/c1-17-15-27(11-12-29-17)21-10-9-18(13-24-21)14-25-22(23-2)26(3)16-19-7-5-6-8-20(19)28-4/h5-10,13,17H,11-12,14-16H2,1-4H3,(H,23,25). The number of para-hydroxylation sites is 1. The molecule has 1 aliphatic rings. The number of guanidine groups is 1. The molecule has 29 heavy (non-hydrogen) atoms. The fourth-order valence-corrected chi connectivity index (χ4v) is 3.46. The molecule has 1 atom stereocenters. The van der Waals surface area contributed by atoms with Gasteiger partial charge in [0.15, 0.2) is 5.96 Å². The van der Waals surface area contributed by atoms with Crippen LogP contribution in [0.3, 0.4) is 0 Å². The third-order valence-corrected chi connectivity index (χ3v) is 5.00. The maximum Gasteiger partial charge on any atom is 0.193 e. The number of anilines is 1. The number of ether oxygens (including phenoxy) is 2. The van der Waals surface area contributed by atoms with E-state index >= 15 is 0 Å². The minimum absolute atomic E-state index is 0.244. The van der Waals surface area contributed by atoms with E-state index in [1.807, 2.05) is 31.4 Å². The molecule has 1 N–H and O–H groups in total. The van der Waals surface area contributed by atoms with Crippen LogP contribution in [-0.2, 0) is 17.8 Å². The molecule has 2 aromatic rings. The number of hydrogen-bond acceptors (Lipinski definition) is 5. The van der Waals surface area contributed by atoms with Gasteiger partial charge < -0.3 is 24.6 Å². The number of nitrogens with one attached hydrogen (secondary N) is 1. The molecule has 0 radical (unpaired) electrons. The zero-order valence-corrected chi connectivity index (χ0v) is 17.8. The van der Waals surface area contributed by atoms with Gasteiger partial charge in [0.25, 0.3) is 0 Å². The van der Waals surface area contributed by atoms with Crippen LogP contribution >= 0.6 is 0 Å². The molecule has 2 heterocycles. The third kappa shape index (κ3) is 5.60. The van der Waals surface area contributed by atoms with E-state index in [9.17, 15) is 0 Å². The average molecular weight is 398 g/mol. The minimum atomic E-state index is 0.244. The van der Waals surface area contributed by atoms with E-state index in [2.05, 4.69) is 50.2 Å². The van der Waals surface area contributed by atoms with Crippen molar-refractivity contribution in [2.24, 2.45) is 4.99 Å². The summed E-state index contributed by atoms with van der Waals surface area (Å²) in [6.07, 6.45) is 2.17. The highest BCUT2D eigenvalue weighted by molar-refractivity contribution is 5.79. The lowest BCUT2D eigenvalue weighted by Gasteiger charge is -2.32. The Balaban J connectivity index is 1.56. The fourth-order valence-electron chi connectivity index (χ4n) is 3.46. The van der Waals surface area contributed by atoms with Gasteiger partial charge >= 0.3 is 0 Å². The molecule has 1 aromatic carbocycles. The number of benzene rings is 1. The summed E-state index contributed by atoms with van der Waals surface area (Å²) in [5.74, 6) is 2.70. The number of rotatable bonds is 6. The minimum Gasteiger partial charge on any atom is -0.496 e. The number of nitrogens with zero attached hydrogens (tertiary/aromatic N) is 4. The Morgan fingerprint density at radius 1 is 1.34 bits per heavy atom. The van der Waals surface area contributed by atoms with Crippen LogP contribution in [-0.4, -0.2) is 62.8 Å². The topological polar surface area (TPSA) is 62.2 Å². The molecule has 3 rings (SSSR count). The van der Waals surface area contributed by atoms with Crippen molar-refractivity contribution >= 4 is 11.8 Å². The van der Waals surface area contributed by atoms with Crippen LogP contribution in [0.5, 0.6) is 5.75 Å². The maximum absolute atomic E-state index is 5.60. The van der Waals surface area contributed by atoms with Crippen LogP contribution in [0.4, 0.5) is 5.82 Å². The lowest BCUT2D eigenvalue weighted by atomic mass is 10.2. The molecule has 7 heteroatoms. The van der Waals surface area contributed by atoms with E-state index in [0.717, 1.165) is 48.4 Å². The van der Waals surface area contributed by atoms with E-state index in [1.54, 1.807) is 14.2 Å². The maximum atomic E-state index is 5.60. The van der Waals surface area contributed by atoms with Crippen molar-refractivity contribution in [2.75, 3.05) is 45.8 Å². The van der Waals surface area contributed by atoms with Crippen LogP contribution in [0, 0.1) is 0 Å². The van der Waals surface area contributed by atoms with Crippen molar-refractivity contribution in [1.82, 2.24) is 15.2 Å². The number of hydrogen-bond donors (Lipinski definition) is 1. The number of aliphatic imine (C=N–C) groups is 1. The van der Waals surface area contributed by atoms with Gasteiger partial charge in [-0.2, -0.15) is 0 Å². The first kappa shape index (κ1) is 20.9. The first-order chi connectivity index (χ1) is 14.1. The quantitative estimate of drug-likeness (QED) is 0.597. The Morgan fingerprint density at radius 3 is 2.86 bits per heavy atom. The van der Waals surface area contributed by atoms with E-state index in [4.69, 9.17) is 9.47 Å². The van der Waals surface area contributed by atoms with Crippen LogP contribution in [0.15, 0.2) is 47.6 Å². The Labute approximate surface area is 173 Å². The zero-order valence-electron chi connectivity index (χ0n) is 17.8. The Morgan fingerprint density at radius 2 is 2.17 bits per heavy atom. The van der Waals surface area contributed by atoms with Gasteiger partial charge in [-0.15, -0.1) is 0 Å². The van der Waals surface area contributed by atoms with Gasteiger partial charge in [-0.05, 0) is 24.6 Å². The highest BCUT2D eigenvalue weighted by Gasteiger charge is 2.17. The lowest BCUT2D eigenvalue weighted by molar-refractivity contribution is 0.0529. The Bertz CT molecular complexity index is 809. The Kier molecular flexibility index (Phi) is 7.30. The van der Waals surface area contributed by atoms with Crippen molar-refractivity contribution in [3.05, 3.63) is 53.7 Å². The van der Waals surface area contributed by atoms with Gasteiger partial charge in [0.2, 0.25) is 0 Å². The second-order valence-corrected chi connectivity index (χ2v) is 7.22. The summed E-state index contributed by atoms with van der Waals surface area (Å²) < 4.78 is 11.1. The molecule has 0 saturated carbocycles. The summed E-state index contributed by atoms with van der Waals surface area (Å²) in [6, 6.07) is 12.2. The fraction of sp³-hybridized carbons (Fsp3) is 0.455. The molecule has 1 saturated heterocycles. The molecule has 1 aromatic heterocycles. The number of aromatic nitrogens is 1. The van der Waals surface area contributed by atoms with Crippen molar-refractivity contribution in [1.29, 1.82) is 0 Å². The van der Waals surface area contributed by atoms with Crippen molar-refractivity contribution in [2.45, 2.75) is 26.1 Å². The van der Waals surface area contributed by atoms with Crippen LogP contribution in [0.2, 0.25) is 0 Å². The van der Waals surface area contributed by atoms with E-state index in [-0.39, 0.29) is 6.10 Å². The number of pyridine rings is 1. The predicted molar refractivity (Wildman–Crippen MR) is 117 cm³/mol. The summed E-state index contributed by atoms with van der Waals surface area (Å²) in [5, 5.41) is 3.41. The number of methoxy groups -OCH3 is 1. The van der Waals surface area contributed by atoms with Gasteiger partial charge in [0.05, 0.1) is 19.8 Å². The van der Waals surface area contributed by atoms with Gasteiger partial charge in [0.1, 0.15) is 11.6 Å². The van der Waals surface area contributed by atoms with E-state index in [0.29, 0.717) is 13.1 Å². The normalized spacial score (nSPS) is 17.2. The number of morpholine rings is 1.